The van der Waals surface area contributed by atoms with Gasteiger partial charge in [0.25, 0.3) is 0 Å². The molecule has 4 fully saturated rings. The summed E-state index contributed by atoms with van der Waals surface area (Å²) in [5.74, 6) is -1.02. The van der Waals surface area contributed by atoms with Gasteiger partial charge in [0.05, 0.1) is 12.2 Å². The molecule has 1 N–H and O–H groups in total. The van der Waals surface area contributed by atoms with Crippen molar-refractivity contribution in [1.29, 1.82) is 0 Å². The van der Waals surface area contributed by atoms with Gasteiger partial charge < -0.3 is 5.11 Å². The summed E-state index contributed by atoms with van der Waals surface area (Å²) in [5.41, 5.74) is -10.1. The van der Waals surface area contributed by atoms with Crippen molar-refractivity contribution >= 4 is 0 Å². The summed E-state index contributed by atoms with van der Waals surface area (Å²) >= 11 is 0. The van der Waals surface area contributed by atoms with E-state index in [1.807, 2.05) is 0 Å². The molecule has 0 heterocycles. The van der Waals surface area contributed by atoms with Crippen LogP contribution < -0.4 is 0 Å². The predicted molar refractivity (Wildman–Crippen MR) is 121 cm³/mol. The maximum absolute atomic E-state index is 16.6. The fourth-order valence-corrected chi connectivity index (χ4v) is 9.01. The van der Waals surface area contributed by atoms with Crippen LogP contribution in [0.2, 0.25) is 0 Å². The molecule has 10 heteroatoms. The summed E-state index contributed by atoms with van der Waals surface area (Å²) in [5, 5.41) is 10.8. The molecule has 0 amide bonds. The Morgan fingerprint density at radius 2 is 1.62 bits per heavy atom. The van der Waals surface area contributed by atoms with E-state index in [1.54, 1.807) is 19.1 Å². The molecule has 8 atom stereocenters. The Kier molecular flexibility index (Phi) is 7.77. The monoisotopic (exact) mass is 626 g/mol. The molecular formula is C27H34F7O2Rh-. The summed E-state index contributed by atoms with van der Waals surface area (Å²) in [4.78, 5) is 0. The number of rotatable bonds is 6. The largest absolute Gasteiger partial charge is 0.522 e. The maximum atomic E-state index is 16.6. The van der Waals surface area contributed by atoms with Gasteiger partial charge in [-0.2, -0.15) is 0 Å². The smallest absolute Gasteiger partial charge is 0.387 e. The average Bonchev–Trinajstić information content (AvgIpc) is 3.04. The minimum atomic E-state index is -4.94. The Morgan fingerprint density at radius 1 is 1.00 bits per heavy atom. The average molecular weight is 626 g/mol. The normalized spacial score (nSPS) is 47.1. The van der Waals surface area contributed by atoms with Crippen LogP contribution in [0.15, 0.2) is 37.5 Å². The molecule has 0 unspecified atom stereocenters. The SMILES string of the molecule is C=C[C@]12CC[C@@]3(C)[C@@](C=C)(CC[C@]3(F)C(=C)[C-](F)F)[C@@H]1CC[C@@]1(F)C[C@@](O)(COC(F)(F)F)CC[C@@H]12.[Rh]. The molecule has 0 aromatic rings. The number of allylic oxidation sites excluding steroid dienone is 3. The van der Waals surface area contributed by atoms with Crippen LogP contribution in [0.4, 0.5) is 30.7 Å². The molecule has 4 aliphatic carbocycles. The molecule has 4 rings (SSSR count). The van der Waals surface area contributed by atoms with Crippen LogP contribution in [0.5, 0.6) is 0 Å². The van der Waals surface area contributed by atoms with Crippen molar-refractivity contribution in [3.8, 4) is 0 Å². The summed E-state index contributed by atoms with van der Waals surface area (Å²) in [7, 11) is 0. The van der Waals surface area contributed by atoms with Gasteiger partial charge in [-0.1, -0.05) is 19.1 Å². The summed E-state index contributed by atoms with van der Waals surface area (Å²) in [6, 6.07) is 0. The zero-order valence-corrected chi connectivity index (χ0v) is 22.5. The van der Waals surface area contributed by atoms with E-state index in [9.17, 15) is 27.1 Å². The van der Waals surface area contributed by atoms with Crippen molar-refractivity contribution in [3.05, 3.63) is 43.9 Å². The molecule has 4 aliphatic rings. The molecule has 2 nitrogen and oxygen atoms in total. The van der Waals surface area contributed by atoms with Gasteiger partial charge in [-0.3, -0.25) is 13.5 Å². The Morgan fingerprint density at radius 3 is 2.16 bits per heavy atom. The van der Waals surface area contributed by atoms with Crippen LogP contribution in [0, 0.1) is 34.5 Å². The zero-order valence-electron chi connectivity index (χ0n) is 20.8. The third-order valence-corrected chi connectivity index (χ3v) is 10.7. The molecule has 0 saturated heterocycles. The fourth-order valence-electron chi connectivity index (χ4n) is 9.01. The van der Waals surface area contributed by atoms with Crippen LogP contribution in [-0.4, -0.2) is 35.0 Å². The Bertz CT molecular complexity index is 942. The van der Waals surface area contributed by atoms with Gasteiger partial charge in [-0.25, -0.2) is 15.4 Å². The third-order valence-electron chi connectivity index (χ3n) is 10.7. The fraction of sp³-hybridized carbons (Fsp3) is 0.741. The molecule has 1 radical (unpaired) electrons. The molecule has 213 valence electrons. The second-order valence-electron chi connectivity index (χ2n) is 11.8. The van der Waals surface area contributed by atoms with E-state index in [-0.39, 0.29) is 76.8 Å². The van der Waals surface area contributed by atoms with E-state index in [0.717, 1.165) is 0 Å². The second kappa shape index (κ2) is 9.36. The van der Waals surface area contributed by atoms with Crippen molar-refractivity contribution in [1.82, 2.24) is 0 Å². The topological polar surface area (TPSA) is 29.5 Å². The molecule has 0 spiro atoms. The third kappa shape index (κ3) is 4.18. The van der Waals surface area contributed by atoms with Crippen LogP contribution in [0.25, 0.3) is 0 Å². The molecule has 0 aromatic heterocycles. The Hall–Kier alpha value is -0.857. The van der Waals surface area contributed by atoms with Gasteiger partial charge >= 0.3 is 6.36 Å². The number of fused-ring (bicyclic) bond motifs is 5. The minimum Gasteiger partial charge on any atom is -0.387 e. The van der Waals surface area contributed by atoms with Crippen LogP contribution in [-0.2, 0) is 24.2 Å². The van der Waals surface area contributed by atoms with Gasteiger partial charge in [-0.15, -0.1) is 31.9 Å². The summed E-state index contributed by atoms with van der Waals surface area (Å²) < 4.78 is 102. The van der Waals surface area contributed by atoms with E-state index in [1.165, 1.54) is 0 Å². The van der Waals surface area contributed by atoms with Crippen LogP contribution in [0.3, 0.4) is 0 Å². The van der Waals surface area contributed by atoms with Crippen molar-refractivity contribution in [3.63, 3.8) is 0 Å². The number of halogens is 7. The first kappa shape index (κ1) is 30.7. The number of aliphatic hydroxyl groups is 1. The van der Waals surface area contributed by atoms with E-state index >= 15 is 8.78 Å². The molecular weight excluding hydrogens is 592 g/mol. The number of hydrogen-bond donors (Lipinski definition) is 1. The molecule has 4 saturated carbocycles. The van der Waals surface area contributed by atoms with Crippen molar-refractivity contribution in [2.24, 2.45) is 28.1 Å². The molecule has 0 bridgehead atoms. The van der Waals surface area contributed by atoms with Gasteiger partial charge in [0.1, 0.15) is 17.8 Å². The predicted octanol–water partition coefficient (Wildman–Crippen LogP) is 7.80. The van der Waals surface area contributed by atoms with Crippen LogP contribution in [0.1, 0.15) is 64.7 Å². The van der Waals surface area contributed by atoms with E-state index in [0.29, 0.717) is 0 Å². The van der Waals surface area contributed by atoms with Gasteiger partial charge in [0.2, 0.25) is 0 Å². The quantitative estimate of drug-likeness (QED) is 0.141. The van der Waals surface area contributed by atoms with Crippen molar-refractivity contribution < 1.29 is 60.1 Å². The molecule has 37 heavy (non-hydrogen) atoms. The maximum Gasteiger partial charge on any atom is 0.522 e. The molecule has 0 aromatic carbocycles. The Labute approximate surface area is 226 Å². The Balaban J connectivity index is 0.00000380. The van der Waals surface area contributed by atoms with E-state index < -0.39 is 70.5 Å². The van der Waals surface area contributed by atoms with Gasteiger partial charge in [0, 0.05) is 42.6 Å². The standard InChI is InChI=1S/C27H34F7O2.Rh/c1-5-23-12-11-21(4)24(6-2,13-14-26(21,31)17(3)20(28)29)18(23)8-10-25(30)15-22(35,9-7-19(23)25)16-36-27(32,33)34;/h5-6,18-19,35H,1-3,7-16H2,4H3;/q-1;/t18-,19-,21+,22-,23+,24+,25-,26+;/m1./s1. The minimum absolute atomic E-state index is 0. The first-order valence-electron chi connectivity index (χ1n) is 12.4. The van der Waals surface area contributed by atoms with Crippen molar-refractivity contribution in [2.75, 3.05) is 6.61 Å². The van der Waals surface area contributed by atoms with E-state index in [4.69, 9.17) is 0 Å². The van der Waals surface area contributed by atoms with Crippen molar-refractivity contribution in [2.45, 2.75) is 88.0 Å². The van der Waals surface area contributed by atoms with Gasteiger partial charge in [-0.05, 0) is 62.7 Å². The number of ether oxygens (including phenoxy) is 1. The summed E-state index contributed by atoms with van der Waals surface area (Å²) in [6.07, 6.45) is -3.52. The first-order chi connectivity index (χ1) is 16.5. The number of hydrogen-bond acceptors (Lipinski definition) is 2. The van der Waals surface area contributed by atoms with Crippen LogP contribution >= 0.6 is 0 Å². The van der Waals surface area contributed by atoms with Gasteiger partial charge in [0.15, 0.2) is 0 Å². The second-order valence-corrected chi connectivity index (χ2v) is 11.8. The molecule has 0 aliphatic heterocycles. The van der Waals surface area contributed by atoms with E-state index in [2.05, 4.69) is 24.5 Å². The zero-order chi connectivity index (χ0) is 27.0. The summed E-state index contributed by atoms with van der Waals surface area (Å²) in [6.45, 7) is 12.0. The number of alkyl halides is 5. The first-order valence-corrected chi connectivity index (χ1v) is 12.4.